The Morgan fingerprint density at radius 3 is 2.57 bits per heavy atom. The molecular formula is C14H22N6O. The molecule has 0 aliphatic carbocycles. The number of rotatable bonds is 8. The predicted octanol–water partition coefficient (Wildman–Crippen LogP) is 1.79. The Labute approximate surface area is 124 Å². The first kappa shape index (κ1) is 15.2. The number of hydrogen-bond acceptors (Lipinski definition) is 6. The second kappa shape index (κ2) is 7.58. The first-order chi connectivity index (χ1) is 10.2. The number of ether oxygens (including phenoxy) is 1. The Hall–Kier alpha value is -2.15. The Bertz CT molecular complexity index is 568. The second-order valence-electron chi connectivity index (χ2n) is 4.56. The molecule has 0 unspecified atom stereocenters. The minimum absolute atomic E-state index is 0.411. The third kappa shape index (κ3) is 4.71. The molecule has 2 aromatic rings. The highest BCUT2D eigenvalue weighted by Gasteiger charge is 2.05. The van der Waals surface area contributed by atoms with Crippen LogP contribution in [-0.4, -0.2) is 32.9 Å². The summed E-state index contributed by atoms with van der Waals surface area (Å²) in [4.78, 5) is 8.87. The summed E-state index contributed by atoms with van der Waals surface area (Å²) in [6.45, 7) is 6.47. The average Bonchev–Trinajstić information content (AvgIpc) is 2.89. The number of anilines is 2. The van der Waals surface area contributed by atoms with Crippen molar-refractivity contribution in [2.45, 2.75) is 27.0 Å². The van der Waals surface area contributed by atoms with Gasteiger partial charge in [0.2, 0.25) is 0 Å². The maximum atomic E-state index is 5.38. The lowest BCUT2D eigenvalue weighted by atomic mass is 10.4. The molecule has 0 aromatic carbocycles. The Morgan fingerprint density at radius 2 is 1.95 bits per heavy atom. The zero-order valence-corrected chi connectivity index (χ0v) is 12.8. The highest BCUT2D eigenvalue weighted by Crippen LogP contribution is 2.13. The molecule has 0 saturated carbocycles. The summed E-state index contributed by atoms with van der Waals surface area (Å²) in [6, 6.07) is 3.86. The van der Waals surface area contributed by atoms with E-state index in [1.54, 1.807) is 4.68 Å². The van der Waals surface area contributed by atoms with Crippen molar-refractivity contribution in [1.82, 2.24) is 19.7 Å². The van der Waals surface area contributed by atoms with Gasteiger partial charge in [-0.1, -0.05) is 0 Å². The van der Waals surface area contributed by atoms with Crippen LogP contribution in [-0.2, 0) is 24.9 Å². The summed E-state index contributed by atoms with van der Waals surface area (Å²) in [5.74, 6) is 2.23. The minimum atomic E-state index is 0.411. The molecule has 0 radical (unpaired) electrons. The second-order valence-corrected chi connectivity index (χ2v) is 4.56. The monoisotopic (exact) mass is 290 g/mol. The van der Waals surface area contributed by atoms with Gasteiger partial charge in [0, 0.05) is 32.5 Å². The van der Waals surface area contributed by atoms with Crippen molar-refractivity contribution in [1.29, 1.82) is 0 Å². The van der Waals surface area contributed by atoms with E-state index in [9.17, 15) is 0 Å². The lowest BCUT2D eigenvalue weighted by molar-refractivity contribution is 0.128. The van der Waals surface area contributed by atoms with Crippen molar-refractivity contribution in [3.05, 3.63) is 29.8 Å². The molecule has 0 amide bonds. The Morgan fingerprint density at radius 1 is 1.19 bits per heavy atom. The van der Waals surface area contributed by atoms with Crippen LogP contribution in [0.4, 0.5) is 11.6 Å². The van der Waals surface area contributed by atoms with E-state index < -0.39 is 0 Å². The van der Waals surface area contributed by atoms with Crippen LogP contribution in [0.15, 0.2) is 18.3 Å². The number of aryl methyl sites for hydroxylation is 1. The van der Waals surface area contributed by atoms with Gasteiger partial charge in [0.15, 0.2) is 5.82 Å². The molecule has 0 bridgehead atoms. The molecule has 2 aromatic heterocycles. The quantitative estimate of drug-likeness (QED) is 0.772. The molecule has 0 spiro atoms. The van der Waals surface area contributed by atoms with Crippen molar-refractivity contribution in [3.8, 4) is 0 Å². The van der Waals surface area contributed by atoms with E-state index in [4.69, 9.17) is 4.74 Å². The van der Waals surface area contributed by atoms with E-state index in [1.165, 1.54) is 0 Å². The number of nitrogens with one attached hydrogen (secondary N) is 2. The molecule has 0 aliphatic heterocycles. The summed E-state index contributed by atoms with van der Waals surface area (Å²) < 4.78 is 7.16. The third-order valence-electron chi connectivity index (χ3n) is 2.79. The molecule has 0 fully saturated rings. The zero-order valence-electron chi connectivity index (χ0n) is 12.8. The average molecular weight is 290 g/mol. The van der Waals surface area contributed by atoms with Gasteiger partial charge in [0.05, 0.1) is 12.2 Å². The van der Waals surface area contributed by atoms with Crippen LogP contribution in [0.25, 0.3) is 0 Å². The molecule has 2 N–H and O–H groups in total. The molecule has 0 atom stereocenters. The zero-order chi connectivity index (χ0) is 15.1. The van der Waals surface area contributed by atoms with E-state index in [1.807, 2.05) is 39.2 Å². The lowest BCUT2D eigenvalue weighted by Gasteiger charge is -2.10. The number of nitrogens with zero attached hydrogens (tertiary/aromatic N) is 4. The predicted molar refractivity (Wildman–Crippen MR) is 82.1 cm³/mol. The molecule has 0 saturated heterocycles. The molecule has 7 heteroatoms. The molecule has 2 heterocycles. The SMILES string of the molecule is CCNc1cc(NCc2ccn(C)n2)nc(COCC)n1. The lowest BCUT2D eigenvalue weighted by Crippen LogP contribution is -2.09. The van der Waals surface area contributed by atoms with Crippen LogP contribution in [0.5, 0.6) is 0 Å². The van der Waals surface area contributed by atoms with Gasteiger partial charge in [0.25, 0.3) is 0 Å². The maximum absolute atomic E-state index is 5.38. The molecular weight excluding hydrogens is 268 g/mol. The fraction of sp³-hybridized carbons (Fsp3) is 0.500. The largest absolute Gasteiger partial charge is 0.374 e. The van der Waals surface area contributed by atoms with Crippen molar-refractivity contribution in [3.63, 3.8) is 0 Å². The topological polar surface area (TPSA) is 76.9 Å². The summed E-state index contributed by atoms with van der Waals surface area (Å²) in [5.41, 5.74) is 0.965. The van der Waals surface area contributed by atoms with Crippen molar-refractivity contribution < 1.29 is 4.74 Å². The van der Waals surface area contributed by atoms with Gasteiger partial charge in [-0.05, 0) is 19.9 Å². The van der Waals surface area contributed by atoms with Crippen LogP contribution >= 0.6 is 0 Å². The number of aromatic nitrogens is 4. The highest BCUT2D eigenvalue weighted by molar-refractivity contribution is 5.47. The van der Waals surface area contributed by atoms with Crippen molar-refractivity contribution >= 4 is 11.6 Å². The van der Waals surface area contributed by atoms with E-state index >= 15 is 0 Å². The van der Waals surface area contributed by atoms with Gasteiger partial charge in [0.1, 0.15) is 18.2 Å². The Balaban J connectivity index is 2.07. The fourth-order valence-electron chi connectivity index (χ4n) is 1.86. The highest BCUT2D eigenvalue weighted by atomic mass is 16.5. The molecule has 0 aliphatic rings. The standard InChI is InChI=1S/C14H22N6O/c1-4-15-12-8-13(18-14(17-12)10-21-5-2)16-9-11-6-7-20(3)19-11/h6-8H,4-5,9-10H2,1-3H3,(H2,15,16,17,18). The van der Waals surface area contributed by atoms with Gasteiger partial charge in [-0.3, -0.25) is 4.68 Å². The van der Waals surface area contributed by atoms with Crippen LogP contribution in [0.2, 0.25) is 0 Å². The summed E-state index contributed by atoms with van der Waals surface area (Å²) in [5, 5.41) is 10.8. The van der Waals surface area contributed by atoms with E-state index in [0.29, 0.717) is 25.6 Å². The Kier molecular flexibility index (Phi) is 5.51. The van der Waals surface area contributed by atoms with Gasteiger partial charge >= 0.3 is 0 Å². The van der Waals surface area contributed by atoms with Gasteiger partial charge in [-0.25, -0.2) is 9.97 Å². The van der Waals surface area contributed by atoms with E-state index in [0.717, 1.165) is 23.9 Å². The van der Waals surface area contributed by atoms with Gasteiger partial charge < -0.3 is 15.4 Å². The van der Waals surface area contributed by atoms with Gasteiger partial charge in [-0.2, -0.15) is 5.10 Å². The molecule has 114 valence electrons. The molecule has 2 rings (SSSR count). The van der Waals surface area contributed by atoms with Crippen LogP contribution in [0, 0.1) is 0 Å². The summed E-state index contributed by atoms with van der Waals surface area (Å²) in [6.07, 6.45) is 1.92. The first-order valence-electron chi connectivity index (χ1n) is 7.13. The van der Waals surface area contributed by atoms with Crippen molar-refractivity contribution in [2.75, 3.05) is 23.8 Å². The summed E-state index contributed by atoms with van der Waals surface area (Å²) in [7, 11) is 1.90. The molecule has 7 nitrogen and oxygen atoms in total. The van der Waals surface area contributed by atoms with Crippen molar-refractivity contribution in [2.24, 2.45) is 7.05 Å². The fourth-order valence-corrected chi connectivity index (χ4v) is 1.86. The molecule has 21 heavy (non-hydrogen) atoms. The van der Waals surface area contributed by atoms with Gasteiger partial charge in [-0.15, -0.1) is 0 Å². The third-order valence-corrected chi connectivity index (χ3v) is 2.79. The smallest absolute Gasteiger partial charge is 0.158 e. The van der Waals surface area contributed by atoms with Crippen LogP contribution in [0.1, 0.15) is 25.4 Å². The normalized spacial score (nSPS) is 10.6. The minimum Gasteiger partial charge on any atom is -0.374 e. The van der Waals surface area contributed by atoms with E-state index in [-0.39, 0.29) is 0 Å². The maximum Gasteiger partial charge on any atom is 0.158 e. The summed E-state index contributed by atoms with van der Waals surface area (Å²) >= 11 is 0. The van der Waals surface area contributed by atoms with Crippen LogP contribution < -0.4 is 10.6 Å². The van der Waals surface area contributed by atoms with Crippen LogP contribution in [0.3, 0.4) is 0 Å². The number of hydrogen-bond donors (Lipinski definition) is 2. The van der Waals surface area contributed by atoms with E-state index in [2.05, 4.69) is 25.7 Å². The first-order valence-corrected chi connectivity index (χ1v) is 7.13.